The molecule has 0 spiro atoms. The molecule has 0 amide bonds. The maximum absolute atomic E-state index is 6.65. The van der Waals surface area contributed by atoms with Gasteiger partial charge >= 0.3 is 0 Å². The standard InChI is InChI=1S/C28H24ClN5O2S2/c1-35-15-16-36-23-12-11-18(17-19(23)29)34-26(25(32-27(34)37)21-8-4-5-13-30-21)22-9-6-14-33(22)28-31-20-7-2-3-10-24(20)38-28/h2-14,17,25-26H,15-16H2,1H3,(H,32,37)/t25-,26-/m1/s1. The number of hydrogen-bond acceptors (Lipinski definition) is 6. The molecule has 38 heavy (non-hydrogen) atoms. The first kappa shape index (κ1) is 24.8. The molecule has 1 aliphatic rings. The van der Waals surface area contributed by atoms with E-state index in [0.29, 0.717) is 29.1 Å². The van der Waals surface area contributed by atoms with Gasteiger partial charge in [0.1, 0.15) is 18.4 Å². The highest BCUT2D eigenvalue weighted by Gasteiger charge is 2.42. The van der Waals surface area contributed by atoms with Crippen molar-refractivity contribution in [3.8, 4) is 10.9 Å². The van der Waals surface area contributed by atoms with E-state index in [1.165, 1.54) is 0 Å². The topological polar surface area (TPSA) is 64.4 Å². The third-order valence-corrected chi connectivity index (χ3v) is 8.05. The number of thiocarbonyl (C=S) groups is 1. The Morgan fingerprint density at radius 2 is 1.92 bits per heavy atom. The van der Waals surface area contributed by atoms with Gasteiger partial charge in [0.2, 0.25) is 0 Å². The Labute approximate surface area is 234 Å². The molecule has 1 N–H and O–H groups in total. The van der Waals surface area contributed by atoms with E-state index in [-0.39, 0.29) is 12.1 Å². The first-order chi connectivity index (χ1) is 18.6. The summed E-state index contributed by atoms with van der Waals surface area (Å²) >= 11 is 14.2. The fourth-order valence-electron chi connectivity index (χ4n) is 4.70. The van der Waals surface area contributed by atoms with Gasteiger partial charge in [0.15, 0.2) is 10.2 Å². The van der Waals surface area contributed by atoms with Crippen molar-refractivity contribution in [2.45, 2.75) is 12.1 Å². The maximum atomic E-state index is 6.65. The van der Waals surface area contributed by atoms with E-state index >= 15 is 0 Å². The Morgan fingerprint density at radius 3 is 2.71 bits per heavy atom. The summed E-state index contributed by atoms with van der Waals surface area (Å²) in [5, 5.41) is 5.50. The Hall–Kier alpha value is -3.50. The second-order valence-corrected chi connectivity index (χ2v) is 10.5. The minimum atomic E-state index is -0.212. The number of nitrogens with one attached hydrogen (secondary N) is 1. The van der Waals surface area contributed by atoms with E-state index in [1.807, 2.05) is 66.9 Å². The average Bonchev–Trinajstić information content (AvgIpc) is 3.66. The molecule has 3 aromatic heterocycles. The first-order valence-corrected chi connectivity index (χ1v) is 13.7. The van der Waals surface area contributed by atoms with E-state index in [2.05, 4.69) is 31.9 Å². The van der Waals surface area contributed by atoms with Crippen LogP contribution in [0.15, 0.2) is 85.2 Å². The molecular weight excluding hydrogens is 538 g/mol. The van der Waals surface area contributed by atoms with Crippen molar-refractivity contribution in [1.82, 2.24) is 19.9 Å². The van der Waals surface area contributed by atoms with Crippen molar-refractivity contribution < 1.29 is 9.47 Å². The van der Waals surface area contributed by atoms with Gasteiger partial charge in [-0.25, -0.2) is 4.98 Å². The maximum Gasteiger partial charge on any atom is 0.194 e. The normalized spacial score (nSPS) is 17.2. The van der Waals surface area contributed by atoms with Crippen LogP contribution in [0.1, 0.15) is 23.5 Å². The summed E-state index contributed by atoms with van der Waals surface area (Å²) in [6.07, 6.45) is 3.84. The van der Waals surface area contributed by atoms with Crippen LogP contribution in [0.25, 0.3) is 15.3 Å². The summed E-state index contributed by atoms with van der Waals surface area (Å²) < 4.78 is 14.1. The first-order valence-electron chi connectivity index (χ1n) is 12.1. The number of nitrogens with zero attached hydrogens (tertiary/aromatic N) is 4. The molecule has 0 aliphatic carbocycles. The minimum Gasteiger partial charge on any atom is -0.490 e. The second-order valence-electron chi connectivity index (χ2n) is 8.72. The Bertz CT molecular complexity index is 1560. The molecule has 10 heteroatoms. The predicted molar refractivity (Wildman–Crippen MR) is 156 cm³/mol. The average molecular weight is 562 g/mol. The number of thiazole rings is 1. The number of pyridine rings is 1. The van der Waals surface area contributed by atoms with Crippen molar-refractivity contribution in [2.24, 2.45) is 0 Å². The predicted octanol–water partition coefficient (Wildman–Crippen LogP) is 6.34. The van der Waals surface area contributed by atoms with Crippen molar-refractivity contribution in [1.29, 1.82) is 0 Å². The van der Waals surface area contributed by atoms with Gasteiger partial charge in [-0.1, -0.05) is 41.1 Å². The van der Waals surface area contributed by atoms with Crippen LogP contribution in [0.3, 0.4) is 0 Å². The van der Waals surface area contributed by atoms with Gasteiger partial charge in [-0.05, 0) is 66.8 Å². The number of hydrogen-bond donors (Lipinski definition) is 1. The van der Waals surface area contributed by atoms with Crippen LogP contribution in [0.2, 0.25) is 5.02 Å². The molecule has 0 unspecified atom stereocenters. The summed E-state index contributed by atoms with van der Waals surface area (Å²) in [5.74, 6) is 0.598. The number of halogens is 1. The van der Waals surface area contributed by atoms with Crippen LogP contribution in [-0.4, -0.2) is 40.0 Å². The smallest absolute Gasteiger partial charge is 0.194 e. The number of para-hydroxylation sites is 1. The molecule has 0 bridgehead atoms. The van der Waals surface area contributed by atoms with E-state index in [1.54, 1.807) is 24.6 Å². The Morgan fingerprint density at radius 1 is 1.05 bits per heavy atom. The zero-order valence-electron chi connectivity index (χ0n) is 20.5. The van der Waals surface area contributed by atoms with Crippen LogP contribution < -0.4 is 15.0 Å². The summed E-state index contributed by atoms with van der Waals surface area (Å²) in [4.78, 5) is 11.7. The Balaban J connectivity index is 1.44. The summed E-state index contributed by atoms with van der Waals surface area (Å²) in [5.41, 5.74) is 3.75. The monoisotopic (exact) mass is 561 g/mol. The molecule has 2 atom stereocenters. The van der Waals surface area contributed by atoms with Crippen LogP contribution in [0.5, 0.6) is 5.75 Å². The molecule has 4 heterocycles. The lowest BCUT2D eigenvalue weighted by Gasteiger charge is -2.29. The van der Waals surface area contributed by atoms with E-state index in [4.69, 9.17) is 38.3 Å². The molecule has 1 saturated heterocycles. The molecule has 5 aromatic rings. The number of rotatable bonds is 8. The van der Waals surface area contributed by atoms with Crippen molar-refractivity contribution in [2.75, 3.05) is 25.2 Å². The quantitative estimate of drug-likeness (QED) is 0.175. The highest BCUT2D eigenvalue weighted by molar-refractivity contribution is 7.80. The van der Waals surface area contributed by atoms with Crippen LogP contribution >= 0.6 is 35.2 Å². The van der Waals surface area contributed by atoms with E-state index in [0.717, 1.165) is 32.4 Å². The van der Waals surface area contributed by atoms with E-state index < -0.39 is 0 Å². The SMILES string of the molecule is COCCOc1ccc(N2C(=S)N[C@H](c3ccccn3)[C@H]2c2cccn2-c2nc3ccccc3s2)cc1Cl. The number of aromatic nitrogens is 3. The van der Waals surface area contributed by atoms with Crippen LogP contribution in [-0.2, 0) is 4.74 Å². The molecule has 1 fully saturated rings. The number of benzene rings is 2. The van der Waals surface area contributed by atoms with Gasteiger partial charge in [0, 0.05) is 25.2 Å². The molecule has 1 aliphatic heterocycles. The largest absolute Gasteiger partial charge is 0.490 e. The molecule has 192 valence electrons. The van der Waals surface area contributed by atoms with Gasteiger partial charge in [-0.3, -0.25) is 9.55 Å². The van der Waals surface area contributed by atoms with Crippen molar-refractivity contribution >= 4 is 56.2 Å². The second kappa shape index (κ2) is 10.7. The number of anilines is 1. The van der Waals surface area contributed by atoms with Crippen molar-refractivity contribution in [3.05, 3.63) is 102 Å². The zero-order chi connectivity index (χ0) is 26.1. The molecule has 6 rings (SSSR count). The van der Waals surface area contributed by atoms with Gasteiger partial charge in [-0.2, -0.15) is 0 Å². The Kier molecular flexibility index (Phi) is 6.99. The molecule has 7 nitrogen and oxygen atoms in total. The third-order valence-electron chi connectivity index (χ3n) is 6.41. The van der Waals surface area contributed by atoms with Crippen molar-refractivity contribution in [3.63, 3.8) is 0 Å². The molecule has 2 aromatic carbocycles. The molecule has 0 radical (unpaired) electrons. The minimum absolute atomic E-state index is 0.192. The lowest BCUT2D eigenvalue weighted by Crippen LogP contribution is -2.30. The van der Waals surface area contributed by atoms with Crippen LogP contribution in [0.4, 0.5) is 5.69 Å². The summed E-state index contributed by atoms with van der Waals surface area (Å²) in [7, 11) is 1.64. The number of ether oxygens (including phenoxy) is 2. The highest BCUT2D eigenvalue weighted by atomic mass is 35.5. The van der Waals surface area contributed by atoms with Gasteiger partial charge in [0.05, 0.1) is 39.3 Å². The summed E-state index contributed by atoms with van der Waals surface area (Å²) in [6, 6.07) is 23.6. The van der Waals surface area contributed by atoms with Gasteiger partial charge in [0.25, 0.3) is 0 Å². The lowest BCUT2D eigenvalue weighted by atomic mass is 10.0. The summed E-state index contributed by atoms with van der Waals surface area (Å²) in [6.45, 7) is 0.897. The van der Waals surface area contributed by atoms with Crippen LogP contribution in [0, 0.1) is 0 Å². The number of methoxy groups -OCH3 is 1. The third kappa shape index (κ3) is 4.63. The van der Waals surface area contributed by atoms with E-state index in [9.17, 15) is 0 Å². The van der Waals surface area contributed by atoms with Gasteiger partial charge in [-0.15, -0.1) is 0 Å². The van der Waals surface area contributed by atoms with Gasteiger partial charge < -0.3 is 19.7 Å². The number of fused-ring (bicyclic) bond motifs is 1. The fraction of sp³-hybridized carbons (Fsp3) is 0.179. The zero-order valence-corrected chi connectivity index (χ0v) is 22.8. The lowest BCUT2D eigenvalue weighted by molar-refractivity contribution is 0.146. The fourth-order valence-corrected chi connectivity index (χ4v) is 6.24. The molecular formula is C28H24ClN5O2S2. The highest BCUT2D eigenvalue weighted by Crippen LogP contribution is 2.44. The molecule has 0 saturated carbocycles.